The second-order valence-electron chi connectivity index (χ2n) is 5.07. The number of amides is 1. The summed E-state index contributed by atoms with van der Waals surface area (Å²) in [6.07, 6.45) is -5.17. The van der Waals surface area contributed by atoms with Crippen molar-refractivity contribution in [3.8, 4) is 0 Å². The predicted octanol–water partition coefficient (Wildman–Crippen LogP) is 3.80. The molecule has 0 saturated carbocycles. The van der Waals surface area contributed by atoms with Crippen LogP contribution in [0, 0.1) is 5.41 Å². The summed E-state index contributed by atoms with van der Waals surface area (Å²) in [6, 6.07) is 3.10. The third-order valence-corrected chi connectivity index (χ3v) is 3.08. The van der Waals surface area contributed by atoms with Crippen LogP contribution in [0.5, 0.6) is 0 Å². The van der Waals surface area contributed by atoms with E-state index in [4.69, 9.17) is 16.7 Å². The van der Waals surface area contributed by atoms with E-state index in [2.05, 4.69) is 0 Å². The van der Waals surface area contributed by atoms with Crippen LogP contribution in [0.4, 0.5) is 18.9 Å². The van der Waals surface area contributed by atoms with Crippen LogP contribution in [-0.2, 0) is 15.8 Å². The molecule has 1 aromatic carbocycles. The molecule has 0 aliphatic carbocycles. The van der Waals surface area contributed by atoms with Crippen LogP contribution in [-0.4, -0.2) is 17.0 Å². The predicted molar refractivity (Wildman–Crippen MR) is 71.1 cm³/mol. The SMILES string of the molecule is CC(C)(CC(=O)Nc1c(Cl)cccc1C(F)(F)F)C(=O)O. The van der Waals surface area contributed by atoms with Gasteiger partial charge in [0.1, 0.15) is 0 Å². The number of hydrogen-bond acceptors (Lipinski definition) is 2. The summed E-state index contributed by atoms with van der Waals surface area (Å²) >= 11 is 5.68. The number of carbonyl (C=O) groups excluding carboxylic acids is 1. The molecular formula is C13H13ClF3NO3. The third-order valence-electron chi connectivity index (χ3n) is 2.76. The Bertz CT molecular complexity index is 570. The highest BCUT2D eigenvalue weighted by Gasteiger charge is 2.36. The van der Waals surface area contributed by atoms with Crippen LogP contribution in [0.2, 0.25) is 5.02 Å². The van der Waals surface area contributed by atoms with E-state index in [-0.39, 0.29) is 5.02 Å². The zero-order valence-corrected chi connectivity index (χ0v) is 12.0. The average molecular weight is 324 g/mol. The summed E-state index contributed by atoms with van der Waals surface area (Å²) in [7, 11) is 0. The first-order valence-corrected chi connectivity index (χ1v) is 6.22. The molecule has 1 aromatic rings. The summed E-state index contributed by atoms with van der Waals surface area (Å²) in [6.45, 7) is 2.60. The van der Waals surface area contributed by atoms with E-state index in [0.29, 0.717) is 0 Å². The maximum Gasteiger partial charge on any atom is 0.418 e. The maximum absolute atomic E-state index is 12.8. The first kappa shape index (κ1) is 17.3. The molecule has 21 heavy (non-hydrogen) atoms. The zero-order chi connectivity index (χ0) is 16.4. The van der Waals surface area contributed by atoms with Gasteiger partial charge < -0.3 is 10.4 Å². The molecule has 0 bridgehead atoms. The van der Waals surface area contributed by atoms with Gasteiger partial charge in [-0.05, 0) is 26.0 Å². The van der Waals surface area contributed by atoms with Gasteiger partial charge in [-0.2, -0.15) is 13.2 Å². The fourth-order valence-corrected chi connectivity index (χ4v) is 1.77. The Morgan fingerprint density at radius 1 is 1.29 bits per heavy atom. The third kappa shape index (κ3) is 4.35. The van der Waals surface area contributed by atoms with Crippen molar-refractivity contribution in [3.63, 3.8) is 0 Å². The molecule has 4 nitrogen and oxygen atoms in total. The fourth-order valence-electron chi connectivity index (χ4n) is 1.55. The van der Waals surface area contributed by atoms with Crippen molar-refractivity contribution in [1.82, 2.24) is 0 Å². The summed E-state index contributed by atoms with van der Waals surface area (Å²) < 4.78 is 38.5. The van der Waals surface area contributed by atoms with Crippen LogP contribution >= 0.6 is 11.6 Å². The summed E-state index contributed by atoms with van der Waals surface area (Å²) in [4.78, 5) is 22.7. The number of benzene rings is 1. The molecule has 1 rings (SSSR count). The maximum atomic E-state index is 12.8. The van der Waals surface area contributed by atoms with Crippen molar-refractivity contribution in [2.24, 2.45) is 5.41 Å². The standard InChI is InChI=1S/C13H13ClF3NO3/c1-12(2,11(20)21)6-9(19)18-10-7(13(15,16)17)4-3-5-8(10)14/h3-5H,6H2,1-2H3,(H,18,19)(H,20,21). The summed E-state index contributed by atoms with van der Waals surface area (Å²) in [5.74, 6) is -2.09. The van der Waals surface area contributed by atoms with E-state index in [1.54, 1.807) is 0 Å². The van der Waals surface area contributed by atoms with Crippen LogP contribution in [0.3, 0.4) is 0 Å². The van der Waals surface area contributed by atoms with E-state index < -0.39 is 41.1 Å². The van der Waals surface area contributed by atoms with Gasteiger partial charge in [0.25, 0.3) is 0 Å². The highest BCUT2D eigenvalue weighted by Crippen LogP contribution is 2.38. The number of nitrogens with one attached hydrogen (secondary N) is 1. The van der Waals surface area contributed by atoms with Crippen molar-refractivity contribution < 1.29 is 27.9 Å². The number of aliphatic carboxylic acids is 1. The molecule has 0 aliphatic heterocycles. The van der Waals surface area contributed by atoms with Crippen molar-refractivity contribution in [2.45, 2.75) is 26.4 Å². The van der Waals surface area contributed by atoms with Crippen molar-refractivity contribution >= 4 is 29.2 Å². The summed E-state index contributed by atoms with van der Waals surface area (Å²) in [5.41, 5.74) is -3.06. The number of carbonyl (C=O) groups is 2. The minimum absolute atomic E-state index is 0.272. The summed E-state index contributed by atoms with van der Waals surface area (Å²) in [5, 5.41) is 10.7. The van der Waals surface area contributed by atoms with E-state index in [1.807, 2.05) is 5.32 Å². The lowest BCUT2D eigenvalue weighted by Crippen LogP contribution is -2.30. The minimum Gasteiger partial charge on any atom is -0.481 e. The minimum atomic E-state index is -4.68. The lowest BCUT2D eigenvalue weighted by molar-refractivity contribution is -0.149. The lowest BCUT2D eigenvalue weighted by Gasteiger charge is -2.20. The first-order valence-electron chi connectivity index (χ1n) is 5.84. The molecule has 0 aromatic heterocycles. The number of carboxylic acids is 1. The Hall–Kier alpha value is -1.76. The number of halogens is 4. The monoisotopic (exact) mass is 323 g/mol. The molecule has 1 amide bonds. The van der Waals surface area contributed by atoms with Crippen LogP contribution < -0.4 is 5.32 Å². The molecule has 0 saturated heterocycles. The molecule has 2 N–H and O–H groups in total. The van der Waals surface area contributed by atoms with Crippen molar-refractivity contribution in [3.05, 3.63) is 28.8 Å². The van der Waals surface area contributed by atoms with E-state index >= 15 is 0 Å². The molecule has 0 aliphatic rings. The molecule has 0 fully saturated rings. The Morgan fingerprint density at radius 3 is 2.33 bits per heavy atom. The van der Waals surface area contributed by atoms with Gasteiger partial charge in [-0.1, -0.05) is 17.7 Å². The number of anilines is 1. The lowest BCUT2D eigenvalue weighted by atomic mass is 9.89. The van der Waals surface area contributed by atoms with Gasteiger partial charge in [-0.3, -0.25) is 9.59 Å². The Morgan fingerprint density at radius 2 is 1.86 bits per heavy atom. The van der Waals surface area contributed by atoms with E-state index in [1.165, 1.54) is 19.9 Å². The molecule has 0 radical (unpaired) electrons. The van der Waals surface area contributed by atoms with Gasteiger partial charge in [-0.25, -0.2) is 0 Å². The zero-order valence-electron chi connectivity index (χ0n) is 11.2. The molecular weight excluding hydrogens is 311 g/mol. The van der Waals surface area contributed by atoms with Gasteiger partial charge in [0, 0.05) is 6.42 Å². The molecule has 0 heterocycles. The molecule has 8 heteroatoms. The van der Waals surface area contributed by atoms with Crippen LogP contribution in [0.25, 0.3) is 0 Å². The highest BCUT2D eigenvalue weighted by atomic mass is 35.5. The normalized spacial score (nSPS) is 12.1. The number of alkyl halides is 3. The quantitative estimate of drug-likeness (QED) is 0.885. The van der Waals surface area contributed by atoms with Gasteiger partial charge >= 0.3 is 12.1 Å². The Balaban J connectivity index is 3.04. The molecule has 0 spiro atoms. The van der Waals surface area contributed by atoms with Gasteiger partial charge in [0.15, 0.2) is 0 Å². The smallest absolute Gasteiger partial charge is 0.418 e. The Labute approximate surface area is 123 Å². The largest absolute Gasteiger partial charge is 0.481 e. The highest BCUT2D eigenvalue weighted by molar-refractivity contribution is 6.34. The fraction of sp³-hybridized carbons (Fsp3) is 0.385. The second-order valence-corrected chi connectivity index (χ2v) is 5.48. The first-order chi connectivity index (χ1) is 9.45. The molecule has 0 unspecified atom stereocenters. The van der Waals surface area contributed by atoms with Gasteiger partial charge in [0.2, 0.25) is 5.91 Å². The number of rotatable bonds is 4. The van der Waals surface area contributed by atoms with Gasteiger partial charge in [-0.15, -0.1) is 0 Å². The van der Waals surface area contributed by atoms with Crippen molar-refractivity contribution in [2.75, 3.05) is 5.32 Å². The van der Waals surface area contributed by atoms with E-state index in [9.17, 15) is 22.8 Å². The number of para-hydroxylation sites is 1. The number of carboxylic acid groups (broad SMARTS) is 1. The molecule has 0 atom stereocenters. The molecule has 116 valence electrons. The van der Waals surface area contributed by atoms with Crippen LogP contribution in [0.1, 0.15) is 25.8 Å². The topological polar surface area (TPSA) is 66.4 Å². The van der Waals surface area contributed by atoms with Gasteiger partial charge in [0.05, 0.1) is 21.7 Å². The second kappa shape index (κ2) is 5.93. The van der Waals surface area contributed by atoms with Crippen LogP contribution in [0.15, 0.2) is 18.2 Å². The van der Waals surface area contributed by atoms with Crippen molar-refractivity contribution in [1.29, 1.82) is 0 Å². The number of hydrogen-bond donors (Lipinski definition) is 2. The van der Waals surface area contributed by atoms with E-state index in [0.717, 1.165) is 12.1 Å². The average Bonchev–Trinajstić information content (AvgIpc) is 2.29. The Kier molecular flexibility index (Phi) is 4.88.